The Kier molecular flexibility index (Phi) is 5.66. The Labute approximate surface area is 102 Å². The third-order valence-electron chi connectivity index (χ3n) is 2.46. The molecule has 0 heterocycles. The number of carboxylic acids is 1. The van der Waals surface area contributed by atoms with E-state index in [0.717, 1.165) is 25.1 Å². The van der Waals surface area contributed by atoms with Crippen molar-refractivity contribution in [2.45, 2.75) is 13.0 Å². The van der Waals surface area contributed by atoms with Crippen LogP contribution in [0.5, 0.6) is 0 Å². The minimum Gasteiger partial charge on any atom is -0.478 e. The normalized spacial score (nSPS) is 10.8. The van der Waals surface area contributed by atoms with E-state index in [4.69, 9.17) is 5.11 Å². The molecule has 1 aromatic carbocycles. The van der Waals surface area contributed by atoms with Crippen LogP contribution in [0.1, 0.15) is 22.3 Å². The van der Waals surface area contributed by atoms with Crippen molar-refractivity contribution >= 4 is 5.97 Å². The Hall–Kier alpha value is -1.39. The smallest absolute Gasteiger partial charge is 0.335 e. The van der Waals surface area contributed by atoms with E-state index in [1.54, 1.807) is 18.2 Å². The maximum absolute atomic E-state index is 10.8. The van der Waals surface area contributed by atoms with E-state index < -0.39 is 5.97 Å². The molecule has 0 bridgehead atoms. The van der Waals surface area contributed by atoms with Gasteiger partial charge in [-0.05, 0) is 51.3 Å². The van der Waals surface area contributed by atoms with Gasteiger partial charge in [0.05, 0.1) is 5.56 Å². The monoisotopic (exact) mass is 236 g/mol. The maximum atomic E-state index is 10.8. The summed E-state index contributed by atoms with van der Waals surface area (Å²) in [6.07, 6.45) is 1.09. The highest BCUT2D eigenvalue weighted by molar-refractivity contribution is 5.87. The van der Waals surface area contributed by atoms with E-state index in [1.807, 2.05) is 6.07 Å². The van der Waals surface area contributed by atoms with E-state index in [-0.39, 0.29) is 0 Å². The van der Waals surface area contributed by atoms with Gasteiger partial charge in [-0.3, -0.25) is 0 Å². The number of carbonyl (C=O) groups is 1. The molecule has 1 aromatic rings. The molecule has 4 nitrogen and oxygen atoms in total. The number of benzene rings is 1. The molecule has 0 fully saturated rings. The van der Waals surface area contributed by atoms with E-state index in [2.05, 4.69) is 24.3 Å². The van der Waals surface area contributed by atoms with E-state index >= 15 is 0 Å². The average molecular weight is 236 g/mol. The van der Waals surface area contributed by atoms with Gasteiger partial charge in [0.15, 0.2) is 0 Å². The fourth-order valence-electron chi connectivity index (χ4n) is 1.57. The predicted octanol–water partition coefficient (Wildman–Crippen LogP) is 1.43. The van der Waals surface area contributed by atoms with Gasteiger partial charge in [0, 0.05) is 6.54 Å². The van der Waals surface area contributed by atoms with Gasteiger partial charge in [0.2, 0.25) is 0 Å². The van der Waals surface area contributed by atoms with Crippen LogP contribution in [0.25, 0.3) is 0 Å². The van der Waals surface area contributed by atoms with Gasteiger partial charge in [0.25, 0.3) is 0 Å². The fraction of sp³-hybridized carbons (Fsp3) is 0.462. The third kappa shape index (κ3) is 5.47. The largest absolute Gasteiger partial charge is 0.478 e. The topological polar surface area (TPSA) is 52.6 Å². The number of rotatable bonds is 7. The molecule has 0 amide bonds. The highest BCUT2D eigenvalue weighted by atomic mass is 16.4. The van der Waals surface area contributed by atoms with Crippen LogP contribution >= 0.6 is 0 Å². The lowest BCUT2D eigenvalue weighted by Crippen LogP contribution is -2.21. The lowest BCUT2D eigenvalue weighted by molar-refractivity contribution is 0.0696. The zero-order chi connectivity index (χ0) is 12.7. The molecule has 0 aliphatic carbocycles. The first kappa shape index (κ1) is 13.7. The molecule has 1 rings (SSSR count). The van der Waals surface area contributed by atoms with Gasteiger partial charge in [-0.15, -0.1) is 0 Å². The summed E-state index contributed by atoms with van der Waals surface area (Å²) in [5, 5.41) is 12.2. The fourth-order valence-corrected chi connectivity index (χ4v) is 1.57. The maximum Gasteiger partial charge on any atom is 0.335 e. The first-order chi connectivity index (χ1) is 8.09. The highest BCUT2D eigenvalue weighted by Gasteiger charge is 2.02. The van der Waals surface area contributed by atoms with Crippen molar-refractivity contribution in [3.8, 4) is 0 Å². The van der Waals surface area contributed by atoms with Crippen molar-refractivity contribution in [3.05, 3.63) is 35.4 Å². The molecule has 0 saturated heterocycles. The summed E-state index contributed by atoms with van der Waals surface area (Å²) in [5.41, 5.74) is 1.35. The van der Waals surface area contributed by atoms with E-state index in [1.165, 1.54) is 0 Å². The zero-order valence-electron chi connectivity index (χ0n) is 10.4. The van der Waals surface area contributed by atoms with E-state index in [9.17, 15) is 4.79 Å². The number of carboxylic acid groups (broad SMARTS) is 1. The lowest BCUT2D eigenvalue weighted by Gasteiger charge is -2.10. The molecule has 0 saturated carbocycles. The number of hydrogen-bond donors (Lipinski definition) is 2. The first-order valence-electron chi connectivity index (χ1n) is 5.77. The number of aromatic carboxylic acids is 1. The van der Waals surface area contributed by atoms with Crippen LogP contribution in [-0.2, 0) is 6.54 Å². The Bertz CT molecular complexity index is 364. The van der Waals surface area contributed by atoms with Crippen molar-refractivity contribution in [2.75, 3.05) is 27.2 Å². The highest BCUT2D eigenvalue weighted by Crippen LogP contribution is 2.04. The molecule has 17 heavy (non-hydrogen) atoms. The quantitative estimate of drug-likeness (QED) is 0.703. The molecule has 0 radical (unpaired) electrons. The molecule has 0 atom stereocenters. The van der Waals surface area contributed by atoms with Crippen LogP contribution in [0.15, 0.2) is 24.3 Å². The van der Waals surface area contributed by atoms with Crippen molar-refractivity contribution < 1.29 is 9.90 Å². The van der Waals surface area contributed by atoms with Crippen LogP contribution in [-0.4, -0.2) is 43.2 Å². The predicted molar refractivity (Wildman–Crippen MR) is 68.3 cm³/mol. The van der Waals surface area contributed by atoms with E-state index in [0.29, 0.717) is 12.1 Å². The summed E-state index contributed by atoms with van der Waals surface area (Å²) in [6.45, 7) is 2.71. The molecule has 0 spiro atoms. The van der Waals surface area contributed by atoms with Crippen molar-refractivity contribution in [2.24, 2.45) is 0 Å². The molecular formula is C13H20N2O2. The molecule has 4 heteroatoms. The standard InChI is InChI=1S/C13H20N2O2/c1-15(2)8-4-7-14-10-11-5-3-6-12(9-11)13(16)17/h3,5-6,9,14H,4,7-8,10H2,1-2H3,(H,16,17). The van der Waals surface area contributed by atoms with Crippen LogP contribution in [0, 0.1) is 0 Å². The molecule has 0 aliphatic rings. The second-order valence-electron chi connectivity index (χ2n) is 4.34. The van der Waals surface area contributed by atoms with Crippen molar-refractivity contribution in [1.82, 2.24) is 10.2 Å². The molecule has 0 aromatic heterocycles. The van der Waals surface area contributed by atoms with Crippen molar-refractivity contribution in [3.63, 3.8) is 0 Å². The second-order valence-corrected chi connectivity index (χ2v) is 4.34. The summed E-state index contributed by atoms with van der Waals surface area (Å²) >= 11 is 0. The summed E-state index contributed by atoms with van der Waals surface area (Å²) in [4.78, 5) is 12.9. The summed E-state index contributed by atoms with van der Waals surface area (Å²) in [7, 11) is 4.10. The zero-order valence-corrected chi connectivity index (χ0v) is 10.4. The van der Waals surface area contributed by atoms with Gasteiger partial charge < -0.3 is 15.3 Å². The van der Waals surface area contributed by atoms with Gasteiger partial charge in [-0.2, -0.15) is 0 Å². The molecule has 0 unspecified atom stereocenters. The summed E-state index contributed by atoms with van der Waals surface area (Å²) < 4.78 is 0. The van der Waals surface area contributed by atoms with Gasteiger partial charge in [-0.1, -0.05) is 12.1 Å². The minimum absolute atomic E-state index is 0.345. The van der Waals surface area contributed by atoms with Gasteiger partial charge >= 0.3 is 5.97 Å². The Balaban J connectivity index is 2.31. The van der Waals surface area contributed by atoms with Crippen LogP contribution in [0.2, 0.25) is 0 Å². The summed E-state index contributed by atoms with van der Waals surface area (Å²) in [5.74, 6) is -0.876. The Morgan fingerprint density at radius 1 is 1.41 bits per heavy atom. The van der Waals surface area contributed by atoms with Crippen molar-refractivity contribution in [1.29, 1.82) is 0 Å². The summed E-state index contributed by atoms with van der Waals surface area (Å²) in [6, 6.07) is 7.03. The van der Waals surface area contributed by atoms with Gasteiger partial charge in [0.1, 0.15) is 0 Å². The average Bonchev–Trinajstić information content (AvgIpc) is 2.28. The first-order valence-corrected chi connectivity index (χ1v) is 5.77. The molecule has 0 aliphatic heterocycles. The Morgan fingerprint density at radius 2 is 2.18 bits per heavy atom. The van der Waals surface area contributed by atoms with Crippen LogP contribution in [0.3, 0.4) is 0 Å². The SMILES string of the molecule is CN(C)CCCNCc1cccc(C(=O)O)c1. The minimum atomic E-state index is -0.876. The molecular weight excluding hydrogens is 216 g/mol. The molecule has 2 N–H and O–H groups in total. The van der Waals surface area contributed by atoms with Crippen LogP contribution < -0.4 is 5.32 Å². The number of nitrogens with zero attached hydrogens (tertiary/aromatic N) is 1. The Morgan fingerprint density at radius 3 is 2.82 bits per heavy atom. The second kappa shape index (κ2) is 7.04. The van der Waals surface area contributed by atoms with Crippen LogP contribution in [0.4, 0.5) is 0 Å². The molecule has 94 valence electrons. The third-order valence-corrected chi connectivity index (χ3v) is 2.46. The lowest BCUT2D eigenvalue weighted by atomic mass is 10.1. The number of hydrogen-bond acceptors (Lipinski definition) is 3. The number of nitrogens with one attached hydrogen (secondary N) is 1. The van der Waals surface area contributed by atoms with Gasteiger partial charge in [-0.25, -0.2) is 4.79 Å².